The number of carbonyl (C=O) groups is 1. The summed E-state index contributed by atoms with van der Waals surface area (Å²) in [6.07, 6.45) is 5.27. The second-order valence-electron chi connectivity index (χ2n) is 4.34. The molecular weight excluding hydrogens is 306 g/mol. The molecule has 0 aliphatic rings. The Morgan fingerprint density at radius 3 is 2.53 bits per heavy atom. The summed E-state index contributed by atoms with van der Waals surface area (Å²) >= 11 is 3.40. The maximum absolute atomic E-state index is 10.4. The number of aliphatic carboxylic acids is 1. The van der Waals surface area contributed by atoms with Gasteiger partial charge in [0.25, 0.3) is 0 Å². The van der Waals surface area contributed by atoms with Crippen LogP contribution < -0.4 is 0 Å². The lowest BCUT2D eigenvalue weighted by atomic mass is 10.0. The molecule has 4 heteroatoms. The molecule has 0 bridgehead atoms. The minimum atomic E-state index is -0.739. The van der Waals surface area contributed by atoms with Gasteiger partial charge in [0.2, 0.25) is 0 Å². The quantitative estimate of drug-likeness (QED) is 0.908. The lowest BCUT2D eigenvalue weighted by Crippen LogP contribution is -1.95. The predicted molar refractivity (Wildman–Crippen MR) is 77.9 cm³/mol. The summed E-state index contributed by atoms with van der Waals surface area (Å²) in [5, 5.41) is 8.60. The van der Waals surface area contributed by atoms with Gasteiger partial charge in [0.15, 0.2) is 0 Å². The predicted octanol–water partition coefficient (Wildman–Crippen LogP) is 3.92. The number of nitrogens with zero attached hydrogens (tertiary/aromatic N) is 1. The van der Waals surface area contributed by atoms with Gasteiger partial charge in [-0.05, 0) is 46.0 Å². The topological polar surface area (TPSA) is 50.2 Å². The van der Waals surface area contributed by atoms with Crippen molar-refractivity contribution in [1.82, 2.24) is 4.98 Å². The molecule has 0 aliphatic carbocycles. The molecule has 0 aliphatic heterocycles. The molecule has 1 aromatic carbocycles. The number of rotatable bonds is 5. The van der Waals surface area contributed by atoms with Crippen LogP contribution in [0.4, 0.5) is 0 Å². The van der Waals surface area contributed by atoms with E-state index >= 15 is 0 Å². The van der Waals surface area contributed by atoms with Gasteiger partial charge in [0, 0.05) is 28.9 Å². The summed E-state index contributed by atoms with van der Waals surface area (Å²) in [7, 11) is 0. The number of halogens is 1. The van der Waals surface area contributed by atoms with Crippen LogP contribution in [0, 0.1) is 0 Å². The molecule has 0 atom stereocenters. The van der Waals surface area contributed by atoms with E-state index < -0.39 is 5.97 Å². The maximum Gasteiger partial charge on any atom is 0.303 e. The fourth-order valence-corrected chi connectivity index (χ4v) is 2.24. The first-order chi connectivity index (χ1) is 9.15. The average molecular weight is 320 g/mol. The molecule has 2 aromatic rings. The van der Waals surface area contributed by atoms with Crippen LogP contribution in [0.1, 0.15) is 18.4 Å². The van der Waals surface area contributed by atoms with Crippen LogP contribution in [0.5, 0.6) is 0 Å². The standard InChI is InChI=1S/C15H14BrNO2/c16-14-8-13(9-17-10-14)12-6-4-11(5-7-12)2-1-3-15(18)19/h4-10H,1-3H2,(H,18,19). The third kappa shape index (κ3) is 4.17. The molecule has 0 fully saturated rings. The van der Waals surface area contributed by atoms with Gasteiger partial charge in [-0.25, -0.2) is 0 Å². The molecule has 0 unspecified atom stereocenters. The van der Waals surface area contributed by atoms with Crippen LogP contribution >= 0.6 is 15.9 Å². The fourth-order valence-electron chi connectivity index (χ4n) is 1.88. The molecule has 98 valence electrons. The summed E-state index contributed by atoms with van der Waals surface area (Å²) in [5.41, 5.74) is 3.33. The number of pyridine rings is 1. The smallest absolute Gasteiger partial charge is 0.303 e. The monoisotopic (exact) mass is 319 g/mol. The van der Waals surface area contributed by atoms with Gasteiger partial charge >= 0.3 is 5.97 Å². The van der Waals surface area contributed by atoms with Crippen molar-refractivity contribution >= 4 is 21.9 Å². The van der Waals surface area contributed by atoms with Gasteiger partial charge in [-0.1, -0.05) is 24.3 Å². The summed E-state index contributed by atoms with van der Waals surface area (Å²) < 4.78 is 0.954. The highest BCUT2D eigenvalue weighted by Gasteiger charge is 2.01. The van der Waals surface area contributed by atoms with Gasteiger partial charge < -0.3 is 5.11 Å². The van der Waals surface area contributed by atoms with Crippen molar-refractivity contribution in [3.8, 4) is 11.1 Å². The third-order valence-corrected chi connectivity index (χ3v) is 3.28. The van der Waals surface area contributed by atoms with Crippen molar-refractivity contribution in [3.63, 3.8) is 0 Å². The largest absolute Gasteiger partial charge is 0.481 e. The molecule has 3 nitrogen and oxygen atoms in total. The number of aromatic nitrogens is 1. The van der Waals surface area contributed by atoms with Crippen LogP contribution in [0.15, 0.2) is 47.2 Å². The lowest BCUT2D eigenvalue weighted by Gasteiger charge is -2.04. The van der Waals surface area contributed by atoms with Gasteiger partial charge in [-0.3, -0.25) is 9.78 Å². The Labute approximate surface area is 120 Å². The van der Waals surface area contributed by atoms with Gasteiger partial charge in [0.05, 0.1) is 0 Å². The zero-order chi connectivity index (χ0) is 13.7. The minimum Gasteiger partial charge on any atom is -0.481 e. The maximum atomic E-state index is 10.4. The molecule has 2 rings (SSSR count). The first-order valence-electron chi connectivity index (χ1n) is 6.07. The summed E-state index contributed by atoms with van der Waals surface area (Å²) in [6.45, 7) is 0. The Bertz CT molecular complexity index is 567. The first-order valence-corrected chi connectivity index (χ1v) is 6.86. The Morgan fingerprint density at radius 2 is 1.89 bits per heavy atom. The van der Waals surface area contributed by atoms with E-state index in [2.05, 4.69) is 20.9 Å². The Hall–Kier alpha value is -1.68. The highest BCUT2D eigenvalue weighted by molar-refractivity contribution is 9.10. The van der Waals surface area contributed by atoms with Crippen molar-refractivity contribution in [2.45, 2.75) is 19.3 Å². The van der Waals surface area contributed by atoms with Crippen LogP contribution in [0.25, 0.3) is 11.1 Å². The third-order valence-electron chi connectivity index (χ3n) is 2.85. The van der Waals surface area contributed by atoms with Crippen LogP contribution in [-0.4, -0.2) is 16.1 Å². The normalized spacial score (nSPS) is 10.4. The van der Waals surface area contributed by atoms with Crippen LogP contribution in [-0.2, 0) is 11.2 Å². The van der Waals surface area contributed by atoms with E-state index in [0.717, 1.165) is 27.6 Å². The Kier molecular flexibility index (Phi) is 4.68. The summed E-state index contributed by atoms with van der Waals surface area (Å²) in [4.78, 5) is 14.6. The molecule has 0 amide bonds. The zero-order valence-electron chi connectivity index (χ0n) is 10.3. The minimum absolute atomic E-state index is 0.220. The van der Waals surface area contributed by atoms with Crippen molar-refractivity contribution in [1.29, 1.82) is 0 Å². The average Bonchev–Trinajstić information content (AvgIpc) is 2.39. The number of benzene rings is 1. The second kappa shape index (κ2) is 6.48. The molecule has 0 saturated carbocycles. The van der Waals surface area contributed by atoms with E-state index in [1.807, 2.05) is 36.5 Å². The van der Waals surface area contributed by atoms with E-state index in [1.165, 1.54) is 0 Å². The molecular formula is C15H14BrNO2. The lowest BCUT2D eigenvalue weighted by molar-refractivity contribution is -0.137. The summed E-state index contributed by atoms with van der Waals surface area (Å²) in [6, 6.07) is 10.2. The number of aryl methyl sites for hydroxylation is 1. The van der Waals surface area contributed by atoms with Crippen molar-refractivity contribution < 1.29 is 9.90 Å². The highest BCUT2D eigenvalue weighted by atomic mass is 79.9. The number of hydrogen-bond donors (Lipinski definition) is 1. The van der Waals surface area contributed by atoms with E-state index in [0.29, 0.717) is 6.42 Å². The zero-order valence-corrected chi connectivity index (χ0v) is 11.9. The summed E-state index contributed by atoms with van der Waals surface area (Å²) in [5.74, 6) is -0.739. The molecule has 1 aromatic heterocycles. The number of carboxylic acid groups (broad SMARTS) is 1. The van der Waals surface area contributed by atoms with E-state index in [9.17, 15) is 4.79 Å². The molecule has 0 radical (unpaired) electrons. The Morgan fingerprint density at radius 1 is 1.16 bits per heavy atom. The van der Waals surface area contributed by atoms with E-state index in [4.69, 9.17) is 5.11 Å². The van der Waals surface area contributed by atoms with Crippen molar-refractivity contribution in [2.24, 2.45) is 0 Å². The second-order valence-corrected chi connectivity index (χ2v) is 5.25. The van der Waals surface area contributed by atoms with Gasteiger partial charge in [-0.2, -0.15) is 0 Å². The molecule has 1 heterocycles. The van der Waals surface area contributed by atoms with Crippen molar-refractivity contribution in [3.05, 3.63) is 52.8 Å². The number of carboxylic acids is 1. The molecule has 19 heavy (non-hydrogen) atoms. The molecule has 0 spiro atoms. The number of hydrogen-bond acceptors (Lipinski definition) is 2. The van der Waals surface area contributed by atoms with E-state index in [1.54, 1.807) is 6.20 Å². The SMILES string of the molecule is O=C(O)CCCc1ccc(-c2cncc(Br)c2)cc1. The Balaban J connectivity index is 2.04. The van der Waals surface area contributed by atoms with Crippen molar-refractivity contribution in [2.75, 3.05) is 0 Å². The molecule has 0 saturated heterocycles. The van der Waals surface area contributed by atoms with Gasteiger partial charge in [-0.15, -0.1) is 0 Å². The van der Waals surface area contributed by atoms with E-state index in [-0.39, 0.29) is 6.42 Å². The van der Waals surface area contributed by atoms with Crippen LogP contribution in [0.3, 0.4) is 0 Å². The van der Waals surface area contributed by atoms with Gasteiger partial charge in [0.1, 0.15) is 0 Å². The fraction of sp³-hybridized carbons (Fsp3) is 0.200. The highest BCUT2D eigenvalue weighted by Crippen LogP contribution is 2.22. The molecule has 1 N–H and O–H groups in total. The first kappa shape index (κ1) is 13.7. The van der Waals surface area contributed by atoms with Crippen LogP contribution in [0.2, 0.25) is 0 Å².